The number of amides is 1. The van der Waals surface area contributed by atoms with Gasteiger partial charge in [-0.05, 0) is 36.4 Å². The molecule has 1 amide bonds. The number of rotatable bonds is 2. The van der Waals surface area contributed by atoms with E-state index in [0.29, 0.717) is 0 Å². The van der Waals surface area contributed by atoms with Crippen molar-refractivity contribution in [3.63, 3.8) is 0 Å². The molecule has 3 nitrogen and oxygen atoms in total. The quantitative estimate of drug-likeness (QED) is 0.708. The predicted molar refractivity (Wildman–Crippen MR) is 88.1 cm³/mol. The molecule has 0 unspecified atom stereocenters. The molecule has 0 aromatic carbocycles. The molecule has 1 aliphatic heterocycles. The van der Waals surface area contributed by atoms with Crippen LogP contribution in [0.15, 0.2) is 35.8 Å². The lowest BCUT2D eigenvalue weighted by Crippen LogP contribution is -2.27. The van der Waals surface area contributed by atoms with Gasteiger partial charge in [0.25, 0.3) is 5.91 Å². The molecule has 4 heterocycles. The van der Waals surface area contributed by atoms with Crippen molar-refractivity contribution in [2.24, 2.45) is 0 Å². The Bertz CT molecular complexity index is 786. The Labute approximate surface area is 130 Å². The number of carbonyl (C=O) groups excluding carboxylic acids is 1. The lowest BCUT2D eigenvalue weighted by atomic mass is 10.1. The number of aromatic nitrogens is 1. The molecular formula is C16H14N2OS2. The third-order valence-corrected chi connectivity index (χ3v) is 5.81. The first kappa shape index (κ1) is 13.0. The molecule has 5 heteroatoms. The third-order valence-electron chi connectivity index (χ3n) is 3.82. The maximum Gasteiger partial charge on any atom is 0.264 e. The minimum absolute atomic E-state index is 0.166. The predicted octanol–water partition coefficient (Wildman–Crippen LogP) is 4.26. The van der Waals surface area contributed by atoms with E-state index < -0.39 is 0 Å². The topological polar surface area (TPSA) is 33.2 Å². The van der Waals surface area contributed by atoms with Crippen LogP contribution in [0.4, 0.5) is 0 Å². The second kappa shape index (κ2) is 5.24. The van der Waals surface area contributed by atoms with Gasteiger partial charge in [-0.1, -0.05) is 6.07 Å². The molecule has 0 N–H and O–H groups in total. The van der Waals surface area contributed by atoms with Crippen LogP contribution in [0.5, 0.6) is 0 Å². The number of hydrogen-bond acceptors (Lipinski definition) is 4. The van der Waals surface area contributed by atoms with E-state index in [-0.39, 0.29) is 5.91 Å². The monoisotopic (exact) mass is 314 g/mol. The zero-order valence-corrected chi connectivity index (χ0v) is 13.0. The number of nitrogens with zero attached hydrogens (tertiary/aromatic N) is 2. The summed E-state index contributed by atoms with van der Waals surface area (Å²) in [5.41, 5.74) is 1.06. The van der Waals surface area contributed by atoms with E-state index in [1.165, 1.54) is 11.3 Å². The zero-order chi connectivity index (χ0) is 14.2. The summed E-state index contributed by atoms with van der Waals surface area (Å²) < 4.78 is 0. The zero-order valence-electron chi connectivity index (χ0n) is 11.4. The summed E-state index contributed by atoms with van der Waals surface area (Å²) in [6, 6.07) is 8.12. The summed E-state index contributed by atoms with van der Waals surface area (Å²) in [4.78, 5) is 22.2. The van der Waals surface area contributed by atoms with Gasteiger partial charge in [-0.3, -0.25) is 4.79 Å². The number of pyridine rings is 1. The van der Waals surface area contributed by atoms with E-state index in [1.54, 1.807) is 17.5 Å². The maximum atomic E-state index is 12.8. The van der Waals surface area contributed by atoms with Crippen molar-refractivity contribution in [3.8, 4) is 10.4 Å². The average molecular weight is 314 g/mol. The first-order chi connectivity index (χ1) is 10.3. The summed E-state index contributed by atoms with van der Waals surface area (Å²) in [7, 11) is 0. The molecule has 0 spiro atoms. The smallest absolute Gasteiger partial charge is 0.264 e. The average Bonchev–Trinajstić information content (AvgIpc) is 3.24. The van der Waals surface area contributed by atoms with Gasteiger partial charge in [-0.2, -0.15) is 0 Å². The molecule has 1 fully saturated rings. The van der Waals surface area contributed by atoms with Crippen molar-refractivity contribution in [3.05, 3.63) is 40.7 Å². The van der Waals surface area contributed by atoms with Crippen LogP contribution in [0.1, 0.15) is 22.5 Å². The van der Waals surface area contributed by atoms with Crippen LogP contribution in [-0.2, 0) is 0 Å². The van der Waals surface area contributed by atoms with E-state index in [2.05, 4.69) is 22.5 Å². The molecule has 4 rings (SSSR count). The van der Waals surface area contributed by atoms with Crippen LogP contribution in [-0.4, -0.2) is 28.9 Å². The Morgan fingerprint density at radius 3 is 2.81 bits per heavy atom. The van der Waals surface area contributed by atoms with E-state index in [9.17, 15) is 4.79 Å². The Hall–Kier alpha value is -1.72. The molecule has 106 valence electrons. The van der Waals surface area contributed by atoms with Crippen molar-refractivity contribution in [1.82, 2.24) is 9.88 Å². The van der Waals surface area contributed by atoms with Crippen LogP contribution < -0.4 is 0 Å². The summed E-state index contributed by atoms with van der Waals surface area (Å²) in [5.74, 6) is 0.166. The summed E-state index contributed by atoms with van der Waals surface area (Å²) in [6.45, 7) is 1.76. The van der Waals surface area contributed by atoms with E-state index in [0.717, 1.165) is 51.5 Å². The molecule has 3 aromatic heterocycles. The van der Waals surface area contributed by atoms with Crippen LogP contribution in [0.2, 0.25) is 0 Å². The summed E-state index contributed by atoms with van der Waals surface area (Å²) >= 11 is 3.20. The van der Waals surface area contributed by atoms with Crippen molar-refractivity contribution in [2.75, 3.05) is 13.1 Å². The molecule has 3 aromatic rings. The molecule has 0 aliphatic carbocycles. The lowest BCUT2D eigenvalue weighted by molar-refractivity contribution is 0.0798. The van der Waals surface area contributed by atoms with Gasteiger partial charge in [0.15, 0.2) is 0 Å². The van der Waals surface area contributed by atoms with Crippen LogP contribution >= 0.6 is 22.7 Å². The Morgan fingerprint density at radius 2 is 2.05 bits per heavy atom. The van der Waals surface area contributed by atoms with Gasteiger partial charge >= 0.3 is 0 Å². The third kappa shape index (κ3) is 2.17. The molecule has 21 heavy (non-hydrogen) atoms. The molecule has 0 bridgehead atoms. The lowest BCUT2D eigenvalue weighted by Gasteiger charge is -2.14. The van der Waals surface area contributed by atoms with Gasteiger partial charge in [0, 0.05) is 35.1 Å². The molecule has 0 radical (unpaired) electrons. The Kier molecular flexibility index (Phi) is 3.24. The standard InChI is InChI=1S/C16H14N2OS2/c19-16(18-8-1-2-9-18)14-13(12-6-4-10-20-12)11-5-3-7-17-15(11)21-14/h3-7,10H,1-2,8-9H2. The second-order valence-electron chi connectivity index (χ2n) is 5.14. The van der Waals surface area contributed by atoms with Crippen LogP contribution in [0.3, 0.4) is 0 Å². The minimum atomic E-state index is 0.166. The van der Waals surface area contributed by atoms with E-state index >= 15 is 0 Å². The van der Waals surface area contributed by atoms with Crippen molar-refractivity contribution >= 4 is 38.8 Å². The van der Waals surface area contributed by atoms with E-state index in [4.69, 9.17) is 0 Å². The normalized spacial score (nSPS) is 15.0. The van der Waals surface area contributed by atoms with Crippen molar-refractivity contribution < 1.29 is 4.79 Å². The van der Waals surface area contributed by atoms with Gasteiger partial charge < -0.3 is 4.90 Å². The Balaban J connectivity index is 1.91. The van der Waals surface area contributed by atoms with Gasteiger partial charge in [0.1, 0.15) is 9.71 Å². The molecular weight excluding hydrogens is 300 g/mol. The maximum absolute atomic E-state index is 12.8. The van der Waals surface area contributed by atoms with Gasteiger partial charge in [0.05, 0.1) is 0 Å². The Morgan fingerprint density at radius 1 is 1.19 bits per heavy atom. The van der Waals surface area contributed by atoms with Crippen molar-refractivity contribution in [2.45, 2.75) is 12.8 Å². The second-order valence-corrected chi connectivity index (χ2v) is 7.09. The fraction of sp³-hybridized carbons (Fsp3) is 0.250. The highest BCUT2D eigenvalue weighted by atomic mass is 32.1. The fourth-order valence-electron chi connectivity index (χ4n) is 2.81. The number of hydrogen-bond donors (Lipinski definition) is 0. The molecule has 1 aliphatic rings. The van der Waals surface area contributed by atoms with Gasteiger partial charge in [-0.15, -0.1) is 22.7 Å². The highest BCUT2D eigenvalue weighted by Gasteiger charge is 2.26. The number of fused-ring (bicyclic) bond motifs is 1. The van der Waals surface area contributed by atoms with Crippen LogP contribution in [0, 0.1) is 0 Å². The first-order valence-corrected chi connectivity index (χ1v) is 8.75. The molecule has 0 atom stereocenters. The van der Waals surface area contributed by atoms with Crippen LogP contribution in [0.25, 0.3) is 20.7 Å². The summed E-state index contributed by atoms with van der Waals surface area (Å²) in [5, 5.41) is 3.15. The highest BCUT2D eigenvalue weighted by molar-refractivity contribution is 7.22. The SMILES string of the molecule is O=C(c1sc2ncccc2c1-c1cccs1)N1CCCC1. The van der Waals surface area contributed by atoms with Crippen molar-refractivity contribution in [1.29, 1.82) is 0 Å². The van der Waals surface area contributed by atoms with Gasteiger partial charge in [-0.25, -0.2) is 4.98 Å². The van der Waals surface area contributed by atoms with Gasteiger partial charge in [0.2, 0.25) is 0 Å². The largest absolute Gasteiger partial charge is 0.338 e. The minimum Gasteiger partial charge on any atom is -0.338 e. The molecule has 0 saturated carbocycles. The number of carbonyl (C=O) groups is 1. The number of thiophene rings is 2. The number of likely N-dealkylation sites (tertiary alicyclic amines) is 1. The summed E-state index contributed by atoms with van der Waals surface area (Å²) in [6.07, 6.45) is 4.02. The highest BCUT2D eigenvalue weighted by Crippen LogP contribution is 2.40. The van der Waals surface area contributed by atoms with E-state index in [1.807, 2.05) is 17.0 Å². The fourth-order valence-corrected chi connectivity index (χ4v) is 4.79. The molecule has 1 saturated heterocycles. The first-order valence-electron chi connectivity index (χ1n) is 7.05.